The van der Waals surface area contributed by atoms with Crippen molar-refractivity contribution in [1.82, 2.24) is 25.0 Å². The van der Waals surface area contributed by atoms with Crippen molar-refractivity contribution in [3.05, 3.63) is 83.7 Å². The van der Waals surface area contributed by atoms with Crippen molar-refractivity contribution in [3.8, 4) is 22.8 Å². The fourth-order valence-corrected chi connectivity index (χ4v) is 3.41. The molecule has 7 nitrogen and oxygen atoms in total. The SMILES string of the molecule is NC(=O)C(=Cn1nc(-c2ccccc2C(F)(F)F)nc1-c1ccccc1C(F)(F)F)c1ccnnc1. The highest BCUT2D eigenvalue weighted by Crippen LogP contribution is 2.39. The van der Waals surface area contributed by atoms with Gasteiger partial charge in [-0.15, -0.1) is 5.10 Å². The molecule has 36 heavy (non-hydrogen) atoms. The number of hydrogen-bond acceptors (Lipinski definition) is 5. The van der Waals surface area contributed by atoms with Gasteiger partial charge in [0, 0.05) is 22.9 Å². The molecule has 0 aliphatic carbocycles. The van der Waals surface area contributed by atoms with Crippen LogP contribution < -0.4 is 5.73 Å². The lowest BCUT2D eigenvalue weighted by Crippen LogP contribution is -2.14. The van der Waals surface area contributed by atoms with E-state index in [0.29, 0.717) is 0 Å². The number of alkyl halides is 6. The Balaban J connectivity index is 2.02. The van der Waals surface area contributed by atoms with Crippen LogP contribution in [-0.4, -0.2) is 30.9 Å². The van der Waals surface area contributed by atoms with Crippen molar-refractivity contribution in [2.45, 2.75) is 12.4 Å². The maximum Gasteiger partial charge on any atom is 0.417 e. The van der Waals surface area contributed by atoms with Crippen molar-refractivity contribution < 1.29 is 31.1 Å². The van der Waals surface area contributed by atoms with E-state index < -0.39 is 52.2 Å². The molecule has 2 heterocycles. The molecular formula is C23H14F6N6O. The van der Waals surface area contributed by atoms with Gasteiger partial charge < -0.3 is 5.73 Å². The molecule has 0 spiro atoms. The van der Waals surface area contributed by atoms with E-state index in [9.17, 15) is 31.1 Å². The molecule has 0 aliphatic heterocycles. The third kappa shape index (κ3) is 4.94. The van der Waals surface area contributed by atoms with Gasteiger partial charge in [-0.25, -0.2) is 9.67 Å². The number of primary amides is 1. The van der Waals surface area contributed by atoms with E-state index in [1.54, 1.807) is 0 Å². The first-order valence-corrected chi connectivity index (χ1v) is 10.0. The molecule has 2 aromatic carbocycles. The van der Waals surface area contributed by atoms with Gasteiger partial charge in [0.25, 0.3) is 5.91 Å². The largest absolute Gasteiger partial charge is 0.417 e. The van der Waals surface area contributed by atoms with Crippen molar-refractivity contribution >= 4 is 17.7 Å². The topological polar surface area (TPSA) is 99.6 Å². The molecule has 0 radical (unpaired) electrons. The summed E-state index contributed by atoms with van der Waals surface area (Å²) in [6, 6.07) is 10.1. The van der Waals surface area contributed by atoms with Gasteiger partial charge in [0.05, 0.1) is 29.1 Å². The summed E-state index contributed by atoms with van der Waals surface area (Å²) in [7, 11) is 0. The molecule has 0 unspecified atom stereocenters. The van der Waals surface area contributed by atoms with Gasteiger partial charge in [-0.1, -0.05) is 36.4 Å². The molecule has 1 amide bonds. The lowest BCUT2D eigenvalue weighted by molar-refractivity contribution is -0.137. The van der Waals surface area contributed by atoms with Gasteiger partial charge in [-0.05, 0) is 18.2 Å². The smallest absolute Gasteiger partial charge is 0.366 e. The zero-order chi connectivity index (χ0) is 26.1. The summed E-state index contributed by atoms with van der Waals surface area (Å²) < 4.78 is 82.9. The van der Waals surface area contributed by atoms with Crippen molar-refractivity contribution in [2.24, 2.45) is 5.73 Å². The normalized spacial score (nSPS) is 12.6. The van der Waals surface area contributed by atoms with Gasteiger partial charge in [0.15, 0.2) is 11.6 Å². The van der Waals surface area contributed by atoms with Crippen LogP contribution in [0.3, 0.4) is 0 Å². The number of halogens is 6. The minimum absolute atomic E-state index is 0.153. The van der Waals surface area contributed by atoms with Crippen LogP contribution >= 0.6 is 0 Å². The van der Waals surface area contributed by atoms with Gasteiger partial charge in [-0.2, -0.15) is 36.5 Å². The van der Waals surface area contributed by atoms with E-state index in [0.717, 1.165) is 47.3 Å². The zero-order valence-electron chi connectivity index (χ0n) is 17.9. The Kier molecular flexibility index (Phi) is 6.31. The average molecular weight is 504 g/mol. The summed E-state index contributed by atoms with van der Waals surface area (Å²) in [6.45, 7) is 0. The van der Waals surface area contributed by atoms with E-state index >= 15 is 0 Å². The van der Waals surface area contributed by atoms with Crippen LogP contribution in [0.1, 0.15) is 16.7 Å². The lowest BCUT2D eigenvalue weighted by Gasteiger charge is -2.12. The van der Waals surface area contributed by atoms with Crippen molar-refractivity contribution in [1.29, 1.82) is 0 Å². The molecule has 2 N–H and O–H groups in total. The molecule has 0 saturated heterocycles. The quantitative estimate of drug-likeness (QED) is 0.307. The predicted octanol–water partition coefficient (Wildman–Crippen LogP) is 4.92. The second-order valence-electron chi connectivity index (χ2n) is 7.33. The molecule has 0 saturated carbocycles. The number of carbonyl (C=O) groups excluding carboxylic acids is 1. The summed E-state index contributed by atoms with van der Waals surface area (Å²) in [4.78, 5) is 16.2. The van der Waals surface area contributed by atoms with E-state index in [1.165, 1.54) is 30.6 Å². The summed E-state index contributed by atoms with van der Waals surface area (Å²) in [5.41, 5.74) is 2.25. The Labute approximate surface area is 198 Å². The second-order valence-corrected chi connectivity index (χ2v) is 7.33. The average Bonchev–Trinajstić information content (AvgIpc) is 3.25. The maximum atomic E-state index is 13.8. The summed E-state index contributed by atoms with van der Waals surface area (Å²) in [5.74, 6) is -1.97. The van der Waals surface area contributed by atoms with Crippen LogP contribution in [-0.2, 0) is 17.1 Å². The minimum Gasteiger partial charge on any atom is -0.366 e. The molecule has 0 fully saturated rings. The number of carbonyl (C=O) groups is 1. The fourth-order valence-electron chi connectivity index (χ4n) is 3.41. The van der Waals surface area contributed by atoms with Crippen LogP contribution in [0.2, 0.25) is 0 Å². The number of rotatable bonds is 5. The van der Waals surface area contributed by atoms with Crippen molar-refractivity contribution in [3.63, 3.8) is 0 Å². The zero-order valence-corrected chi connectivity index (χ0v) is 17.9. The highest BCUT2D eigenvalue weighted by atomic mass is 19.4. The number of benzene rings is 2. The molecule has 0 aliphatic rings. The van der Waals surface area contributed by atoms with Crippen LogP contribution in [0.4, 0.5) is 26.3 Å². The number of aromatic nitrogens is 5. The number of hydrogen-bond donors (Lipinski definition) is 1. The van der Waals surface area contributed by atoms with Crippen LogP contribution in [0, 0.1) is 0 Å². The van der Waals surface area contributed by atoms with Gasteiger partial charge >= 0.3 is 12.4 Å². The maximum absolute atomic E-state index is 13.8. The van der Waals surface area contributed by atoms with E-state index in [2.05, 4.69) is 20.3 Å². The molecule has 4 rings (SSSR count). The van der Waals surface area contributed by atoms with Crippen molar-refractivity contribution in [2.75, 3.05) is 0 Å². The monoisotopic (exact) mass is 504 g/mol. The predicted molar refractivity (Wildman–Crippen MR) is 116 cm³/mol. The number of nitrogens with zero attached hydrogens (tertiary/aromatic N) is 5. The van der Waals surface area contributed by atoms with E-state index in [-0.39, 0.29) is 11.1 Å². The molecule has 13 heteroatoms. The third-order valence-corrected chi connectivity index (χ3v) is 4.99. The molecule has 2 aromatic heterocycles. The van der Waals surface area contributed by atoms with E-state index in [1.807, 2.05) is 0 Å². The van der Waals surface area contributed by atoms with Gasteiger partial charge in [-0.3, -0.25) is 4.79 Å². The Morgan fingerprint density at radius 2 is 1.42 bits per heavy atom. The molecule has 184 valence electrons. The number of nitrogens with two attached hydrogens (primary N) is 1. The van der Waals surface area contributed by atoms with E-state index in [4.69, 9.17) is 5.73 Å². The first-order valence-electron chi connectivity index (χ1n) is 10.0. The van der Waals surface area contributed by atoms with Gasteiger partial charge in [0.1, 0.15) is 0 Å². The fraction of sp³-hybridized carbons (Fsp3) is 0.0870. The van der Waals surface area contributed by atoms with Crippen LogP contribution in [0.25, 0.3) is 34.5 Å². The Hall–Kier alpha value is -4.55. The summed E-state index contributed by atoms with van der Waals surface area (Å²) in [5, 5.41) is 11.2. The molecule has 4 aromatic rings. The Morgan fingerprint density at radius 1 is 0.833 bits per heavy atom. The van der Waals surface area contributed by atoms with Crippen LogP contribution in [0.15, 0.2) is 67.0 Å². The lowest BCUT2D eigenvalue weighted by atomic mass is 10.1. The highest BCUT2D eigenvalue weighted by molar-refractivity contribution is 6.22. The Bertz CT molecular complexity index is 1440. The summed E-state index contributed by atoms with van der Waals surface area (Å²) in [6.07, 6.45) is -6.20. The third-order valence-electron chi connectivity index (χ3n) is 4.99. The molecular weight excluding hydrogens is 490 g/mol. The Morgan fingerprint density at radius 3 is 1.97 bits per heavy atom. The number of amides is 1. The standard InChI is InChI=1S/C23H14F6N6O/c24-22(25,26)17-7-3-1-5-14(17)20-33-21(15-6-2-4-8-18(15)23(27,28)29)35(34-20)12-16(19(30)36)13-9-10-31-32-11-13/h1-12H,(H2,30,36). The highest BCUT2D eigenvalue weighted by Gasteiger charge is 2.37. The molecule has 0 bridgehead atoms. The first-order chi connectivity index (χ1) is 17.0. The second kappa shape index (κ2) is 9.24. The van der Waals surface area contributed by atoms with Crippen LogP contribution in [0.5, 0.6) is 0 Å². The minimum atomic E-state index is -4.82. The van der Waals surface area contributed by atoms with Gasteiger partial charge in [0.2, 0.25) is 0 Å². The summed E-state index contributed by atoms with van der Waals surface area (Å²) >= 11 is 0. The molecule has 0 atom stereocenters. The first kappa shape index (κ1) is 24.6.